The lowest BCUT2D eigenvalue weighted by Gasteiger charge is -2.16. The summed E-state index contributed by atoms with van der Waals surface area (Å²) in [6.07, 6.45) is 1.00. The van der Waals surface area contributed by atoms with Gasteiger partial charge in [0.25, 0.3) is 0 Å². The van der Waals surface area contributed by atoms with Crippen LogP contribution in [0.4, 0.5) is 5.69 Å². The van der Waals surface area contributed by atoms with Gasteiger partial charge in [0, 0.05) is 12.2 Å². The lowest BCUT2D eigenvalue weighted by atomic mass is 10.1. The van der Waals surface area contributed by atoms with Crippen molar-refractivity contribution in [3.05, 3.63) is 24.3 Å². The predicted molar refractivity (Wildman–Crippen MR) is 83.2 cm³/mol. The zero-order valence-corrected chi connectivity index (χ0v) is 12.9. The molecule has 4 heteroatoms. The second-order valence-electron chi connectivity index (χ2n) is 5.30. The van der Waals surface area contributed by atoms with E-state index in [1.54, 1.807) is 0 Å². The van der Waals surface area contributed by atoms with E-state index in [0.717, 1.165) is 24.4 Å². The van der Waals surface area contributed by atoms with Crippen LogP contribution < -0.4 is 15.4 Å². The molecule has 0 aromatic heterocycles. The Balaban J connectivity index is 2.40. The summed E-state index contributed by atoms with van der Waals surface area (Å²) in [5.74, 6) is 1.47. The molecule has 1 amide bonds. The third-order valence-corrected chi connectivity index (χ3v) is 2.96. The highest BCUT2D eigenvalue weighted by atomic mass is 16.5. The SMILES string of the molecule is CCOc1ccc(NC(C)C(=O)NCCC(C)C)cc1. The fraction of sp³-hybridized carbons (Fsp3) is 0.562. The van der Waals surface area contributed by atoms with Gasteiger partial charge in [-0.1, -0.05) is 13.8 Å². The Hall–Kier alpha value is -1.71. The van der Waals surface area contributed by atoms with Crippen molar-refractivity contribution in [2.24, 2.45) is 5.92 Å². The maximum atomic E-state index is 11.9. The molecule has 0 spiro atoms. The zero-order chi connectivity index (χ0) is 15.0. The van der Waals surface area contributed by atoms with Crippen molar-refractivity contribution in [2.75, 3.05) is 18.5 Å². The van der Waals surface area contributed by atoms with Gasteiger partial charge in [-0.2, -0.15) is 0 Å². The summed E-state index contributed by atoms with van der Waals surface area (Å²) >= 11 is 0. The molecule has 1 aromatic rings. The molecule has 1 aromatic carbocycles. The molecule has 1 atom stereocenters. The van der Waals surface area contributed by atoms with E-state index in [0.29, 0.717) is 12.5 Å². The van der Waals surface area contributed by atoms with E-state index in [2.05, 4.69) is 24.5 Å². The molecule has 2 N–H and O–H groups in total. The molecule has 0 saturated heterocycles. The Kier molecular flexibility index (Phi) is 6.91. The standard InChI is InChI=1S/C16H26N2O2/c1-5-20-15-8-6-14(7-9-15)18-13(4)16(19)17-11-10-12(2)3/h6-9,12-13,18H,5,10-11H2,1-4H3,(H,17,19). The van der Waals surface area contributed by atoms with Crippen LogP contribution in [0, 0.1) is 5.92 Å². The third kappa shape index (κ3) is 5.95. The van der Waals surface area contributed by atoms with Gasteiger partial charge in [0.05, 0.1) is 6.61 Å². The molecule has 0 aliphatic heterocycles. The van der Waals surface area contributed by atoms with E-state index < -0.39 is 0 Å². The average Bonchev–Trinajstić information content (AvgIpc) is 2.40. The topological polar surface area (TPSA) is 50.4 Å². The normalized spacial score (nSPS) is 12.1. The number of rotatable bonds is 8. The van der Waals surface area contributed by atoms with Gasteiger partial charge in [-0.15, -0.1) is 0 Å². The smallest absolute Gasteiger partial charge is 0.242 e. The highest BCUT2D eigenvalue weighted by Gasteiger charge is 2.11. The second-order valence-corrected chi connectivity index (χ2v) is 5.30. The molecule has 20 heavy (non-hydrogen) atoms. The second kappa shape index (κ2) is 8.46. The van der Waals surface area contributed by atoms with Crippen molar-refractivity contribution in [3.63, 3.8) is 0 Å². The fourth-order valence-electron chi connectivity index (χ4n) is 1.77. The quantitative estimate of drug-likeness (QED) is 0.768. The summed E-state index contributed by atoms with van der Waals surface area (Å²) in [6, 6.07) is 7.39. The minimum absolute atomic E-state index is 0.0273. The number of amides is 1. The van der Waals surface area contributed by atoms with Crippen molar-refractivity contribution in [2.45, 2.75) is 40.2 Å². The van der Waals surface area contributed by atoms with Crippen LogP contribution in [-0.2, 0) is 4.79 Å². The van der Waals surface area contributed by atoms with E-state index in [1.807, 2.05) is 38.1 Å². The molecule has 1 unspecified atom stereocenters. The van der Waals surface area contributed by atoms with E-state index in [-0.39, 0.29) is 11.9 Å². The summed E-state index contributed by atoms with van der Waals surface area (Å²) in [7, 11) is 0. The zero-order valence-electron chi connectivity index (χ0n) is 12.9. The van der Waals surface area contributed by atoms with Gasteiger partial charge in [-0.3, -0.25) is 4.79 Å². The molecule has 0 aliphatic carbocycles. The minimum Gasteiger partial charge on any atom is -0.494 e. The number of benzene rings is 1. The van der Waals surface area contributed by atoms with E-state index in [9.17, 15) is 4.79 Å². The van der Waals surface area contributed by atoms with Crippen molar-refractivity contribution >= 4 is 11.6 Å². The first-order chi connectivity index (χ1) is 9.52. The molecule has 4 nitrogen and oxygen atoms in total. The molecule has 0 aliphatic rings. The number of carbonyl (C=O) groups excluding carboxylic acids is 1. The minimum atomic E-state index is -0.250. The predicted octanol–water partition coefficient (Wildman–Crippen LogP) is 3.05. The molecule has 0 radical (unpaired) electrons. The molecule has 0 fully saturated rings. The largest absolute Gasteiger partial charge is 0.494 e. The van der Waals surface area contributed by atoms with Crippen LogP contribution in [0.3, 0.4) is 0 Å². The van der Waals surface area contributed by atoms with Crippen LogP contribution in [0.2, 0.25) is 0 Å². The molecular weight excluding hydrogens is 252 g/mol. The number of nitrogens with one attached hydrogen (secondary N) is 2. The lowest BCUT2D eigenvalue weighted by molar-refractivity contribution is -0.121. The highest BCUT2D eigenvalue weighted by Crippen LogP contribution is 2.16. The Morgan fingerprint density at radius 1 is 1.20 bits per heavy atom. The number of ether oxygens (including phenoxy) is 1. The van der Waals surface area contributed by atoms with Crippen molar-refractivity contribution in [1.82, 2.24) is 5.32 Å². The van der Waals surface area contributed by atoms with Gasteiger partial charge >= 0.3 is 0 Å². The van der Waals surface area contributed by atoms with Gasteiger partial charge in [0.1, 0.15) is 11.8 Å². The first-order valence-electron chi connectivity index (χ1n) is 7.30. The van der Waals surface area contributed by atoms with Gasteiger partial charge < -0.3 is 15.4 Å². The molecule has 0 saturated carbocycles. The first-order valence-corrected chi connectivity index (χ1v) is 7.30. The molecule has 0 bridgehead atoms. The van der Waals surface area contributed by atoms with E-state index in [1.165, 1.54) is 0 Å². The van der Waals surface area contributed by atoms with Gasteiger partial charge in [-0.25, -0.2) is 0 Å². The lowest BCUT2D eigenvalue weighted by Crippen LogP contribution is -2.38. The maximum absolute atomic E-state index is 11.9. The average molecular weight is 278 g/mol. The van der Waals surface area contributed by atoms with Crippen LogP contribution in [-0.4, -0.2) is 25.1 Å². The van der Waals surface area contributed by atoms with Gasteiger partial charge in [0.2, 0.25) is 5.91 Å². The maximum Gasteiger partial charge on any atom is 0.242 e. The summed E-state index contributed by atoms with van der Waals surface area (Å²) in [5, 5.41) is 6.12. The summed E-state index contributed by atoms with van der Waals surface area (Å²) in [6.45, 7) is 9.49. The van der Waals surface area contributed by atoms with E-state index >= 15 is 0 Å². The van der Waals surface area contributed by atoms with Gasteiger partial charge in [-0.05, 0) is 50.5 Å². The van der Waals surface area contributed by atoms with Crippen LogP contribution >= 0.6 is 0 Å². The third-order valence-electron chi connectivity index (χ3n) is 2.96. The monoisotopic (exact) mass is 278 g/mol. The molecule has 112 valence electrons. The first kappa shape index (κ1) is 16.3. The number of hydrogen-bond acceptors (Lipinski definition) is 3. The Morgan fingerprint density at radius 3 is 2.40 bits per heavy atom. The van der Waals surface area contributed by atoms with Gasteiger partial charge in [0.15, 0.2) is 0 Å². The Bertz CT molecular complexity index is 401. The van der Waals surface area contributed by atoms with E-state index in [4.69, 9.17) is 4.74 Å². The van der Waals surface area contributed by atoms with Crippen LogP contribution in [0.25, 0.3) is 0 Å². The Labute approximate surface area is 121 Å². The molecule has 1 rings (SSSR count). The number of anilines is 1. The van der Waals surface area contributed by atoms with Crippen molar-refractivity contribution in [1.29, 1.82) is 0 Å². The summed E-state index contributed by atoms with van der Waals surface area (Å²) < 4.78 is 5.38. The van der Waals surface area contributed by atoms with Crippen LogP contribution in [0.1, 0.15) is 34.1 Å². The molecule has 0 heterocycles. The van der Waals surface area contributed by atoms with Crippen LogP contribution in [0.5, 0.6) is 5.75 Å². The highest BCUT2D eigenvalue weighted by molar-refractivity contribution is 5.84. The fourth-order valence-corrected chi connectivity index (χ4v) is 1.77. The van der Waals surface area contributed by atoms with Crippen LogP contribution in [0.15, 0.2) is 24.3 Å². The summed E-state index contributed by atoms with van der Waals surface area (Å²) in [5.41, 5.74) is 0.917. The van der Waals surface area contributed by atoms with Crippen molar-refractivity contribution in [3.8, 4) is 5.75 Å². The Morgan fingerprint density at radius 2 is 1.85 bits per heavy atom. The van der Waals surface area contributed by atoms with Crippen molar-refractivity contribution < 1.29 is 9.53 Å². The number of hydrogen-bond donors (Lipinski definition) is 2. The molecular formula is C16H26N2O2. The summed E-state index contributed by atoms with van der Waals surface area (Å²) in [4.78, 5) is 11.9. The number of carbonyl (C=O) groups is 1.